The number of nitrogens with one attached hydrogen (secondary N) is 1. The van der Waals surface area contributed by atoms with E-state index in [9.17, 15) is 18.0 Å². The molecule has 1 heterocycles. The van der Waals surface area contributed by atoms with E-state index in [4.69, 9.17) is 11.6 Å². The van der Waals surface area contributed by atoms with Crippen molar-refractivity contribution in [2.45, 2.75) is 10.9 Å². The molecule has 13 heteroatoms. The number of amides is 1. The number of rotatable bonds is 9. The molecule has 0 aliphatic rings. The molecule has 0 atom stereocenters. The summed E-state index contributed by atoms with van der Waals surface area (Å²) in [6, 6.07) is 13.1. The molecule has 33 heavy (non-hydrogen) atoms. The highest BCUT2D eigenvalue weighted by Gasteiger charge is 2.19. The van der Waals surface area contributed by atoms with E-state index >= 15 is 0 Å². The Kier molecular flexibility index (Phi) is 8.30. The molecule has 0 aliphatic heterocycles. The lowest BCUT2D eigenvalue weighted by Crippen LogP contribution is -2.29. The lowest BCUT2D eigenvalue weighted by molar-refractivity contribution is -0.137. The van der Waals surface area contributed by atoms with E-state index in [1.807, 2.05) is 0 Å². The second-order valence-corrected chi connectivity index (χ2v) is 11.2. The summed E-state index contributed by atoms with van der Waals surface area (Å²) in [7, 11) is -2.26. The minimum atomic E-state index is -3.56. The van der Waals surface area contributed by atoms with Crippen LogP contribution in [0.25, 0.3) is 0 Å². The lowest BCUT2D eigenvalue weighted by Gasteiger charge is -2.22. The number of hydrogen-bond acceptors (Lipinski definition) is 9. The fourth-order valence-corrected chi connectivity index (χ4v) is 5.27. The minimum absolute atomic E-state index is 0.0816. The zero-order valence-electron chi connectivity index (χ0n) is 17.5. The lowest BCUT2D eigenvalue weighted by atomic mass is 10.1. The van der Waals surface area contributed by atoms with Crippen LogP contribution in [0.3, 0.4) is 0 Å². The molecular formula is C20H19ClN4O5S3. The highest BCUT2D eigenvalue weighted by atomic mass is 35.5. The van der Waals surface area contributed by atoms with Crippen LogP contribution in [0.15, 0.2) is 52.9 Å². The van der Waals surface area contributed by atoms with E-state index in [-0.39, 0.29) is 18.3 Å². The molecule has 0 saturated carbocycles. The number of aromatic nitrogens is 2. The van der Waals surface area contributed by atoms with E-state index in [2.05, 4.69) is 20.3 Å². The van der Waals surface area contributed by atoms with Crippen LogP contribution in [-0.4, -0.2) is 49.6 Å². The van der Waals surface area contributed by atoms with Gasteiger partial charge in [0, 0.05) is 10.6 Å². The average Bonchev–Trinajstić information content (AvgIpc) is 3.22. The number of ether oxygens (including phenoxy) is 1. The van der Waals surface area contributed by atoms with Crippen LogP contribution < -0.4 is 9.62 Å². The van der Waals surface area contributed by atoms with Crippen molar-refractivity contribution in [1.29, 1.82) is 0 Å². The Hall–Kier alpha value is -2.67. The van der Waals surface area contributed by atoms with E-state index < -0.39 is 15.9 Å². The Labute approximate surface area is 204 Å². The molecule has 0 fully saturated rings. The Morgan fingerprint density at radius 1 is 1.18 bits per heavy atom. The summed E-state index contributed by atoms with van der Waals surface area (Å²) < 4.78 is 30.9. The number of esters is 1. The van der Waals surface area contributed by atoms with Gasteiger partial charge in [-0.2, -0.15) is 0 Å². The zero-order valence-corrected chi connectivity index (χ0v) is 20.7. The van der Waals surface area contributed by atoms with Gasteiger partial charge in [-0.3, -0.25) is 19.2 Å². The molecule has 9 nitrogen and oxygen atoms in total. The van der Waals surface area contributed by atoms with Crippen LogP contribution in [0.5, 0.6) is 0 Å². The number of methoxy groups -OCH3 is 1. The first-order valence-corrected chi connectivity index (χ1v) is 13.4. The summed E-state index contributed by atoms with van der Waals surface area (Å²) in [6.07, 6.45) is 1.12. The molecule has 3 aromatic rings. The van der Waals surface area contributed by atoms with Crippen molar-refractivity contribution < 1.29 is 22.7 Å². The van der Waals surface area contributed by atoms with Crippen LogP contribution in [0.2, 0.25) is 5.02 Å². The van der Waals surface area contributed by atoms with Gasteiger partial charge in [0.25, 0.3) is 5.91 Å². The van der Waals surface area contributed by atoms with Crippen LogP contribution >= 0.6 is 34.7 Å². The number of sulfonamides is 1. The first-order valence-electron chi connectivity index (χ1n) is 9.32. The number of carbonyl (C=O) groups is 2. The van der Waals surface area contributed by atoms with Crippen molar-refractivity contribution in [2.75, 3.05) is 28.7 Å². The molecule has 3 rings (SSSR count). The molecule has 174 valence electrons. The van der Waals surface area contributed by atoms with Gasteiger partial charge in [0.05, 0.1) is 31.4 Å². The second-order valence-electron chi connectivity index (χ2n) is 6.64. The number of benzene rings is 2. The van der Waals surface area contributed by atoms with Crippen molar-refractivity contribution in [3.63, 3.8) is 0 Å². The summed E-state index contributed by atoms with van der Waals surface area (Å²) in [5.74, 6) is -0.678. The molecule has 0 unspecified atom stereocenters. The van der Waals surface area contributed by atoms with E-state index in [1.54, 1.807) is 48.5 Å². The van der Waals surface area contributed by atoms with Crippen molar-refractivity contribution in [1.82, 2.24) is 10.2 Å². The average molecular weight is 527 g/mol. The Morgan fingerprint density at radius 3 is 2.55 bits per heavy atom. The maximum absolute atomic E-state index is 12.5. The number of hydrogen-bond donors (Lipinski definition) is 1. The quantitative estimate of drug-likeness (QED) is 0.255. The largest absolute Gasteiger partial charge is 0.468 e. The fourth-order valence-electron chi connectivity index (χ4n) is 2.63. The van der Waals surface area contributed by atoms with Gasteiger partial charge in [-0.05, 0) is 35.9 Å². The van der Waals surface area contributed by atoms with Crippen molar-refractivity contribution >= 4 is 67.4 Å². The van der Waals surface area contributed by atoms with Gasteiger partial charge in [0.2, 0.25) is 15.2 Å². The molecule has 2 aromatic carbocycles. The molecule has 1 aromatic heterocycles. The Balaban J connectivity index is 1.66. The number of thioether (sulfide) groups is 1. The predicted molar refractivity (Wildman–Crippen MR) is 130 cm³/mol. The van der Waals surface area contributed by atoms with Crippen molar-refractivity contribution in [3.8, 4) is 0 Å². The van der Waals surface area contributed by atoms with Crippen LogP contribution in [0.4, 0.5) is 10.8 Å². The van der Waals surface area contributed by atoms with Gasteiger partial charge in [0.15, 0.2) is 4.34 Å². The third-order valence-electron chi connectivity index (χ3n) is 4.21. The van der Waals surface area contributed by atoms with Gasteiger partial charge in [0.1, 0.15) is 0 Å². The third-order valence-corrected chi connectivity index (χ3v) is 7.53. The molecular weight excluding hydrogens is 508 g/mol. The topological polar surface area (TPSA) is 119 Å². The van der Waals surface area contributed by atoms with E-state index in [1.165, 1.54) is 11.4 Å². The smallest absolute Gasteiger partial charge is 0.316 e. The zero-order chi connectivity index (χ0) is 24.0. The van der Waals surface area contributed by atoms with E-state index in [0.717, 1.165) is 29.4 Å². The predicted octanol–water partition coefficient (Wildman–Crippen LogP) is 3.68. The van der Waals surface area contributed by atoms with Gasteiger partial charge in [-0.1, -0.05) is 52.9 Å². The van der Waals surface area contributed by atoms with Crippen LogP contribution in [0.1, 0.15) is 15.9 Å². The molecule has 1 amide bonds. The maximum atomic E-state index is 12.5. The molecule has 0 radical (unpaired) electrons. The van der Waals surface area contributed by atoms with Gasteiger partial charge in [-0.15, -0.1) is 10.2 Å². The standard InChI is InChI=1S/C20H19ClN4O5S3/c1-30-17(26)12-31-20-24-23-19(32-20)22-18(27)14-8-6-13(7-9-14)11-25(33(2,28)29)16-5-3-4-15(21)10-16/h3-10H,11-12H2,1-2H3,(H,22,23,27). The number of halogens is 1. The summed E-state index contributed by atoms with van der Waals surface area (Å²) in [4.78, 5) is 23.7. The first-order chi connectivity index (χ1) is 15.7. The third kappa shape index (κ3) is 7.16. The van der Waals surface area contributed by atoms with Gasteiger partial charge in [-0.25, -0.2) is 8.42 Å². The van der Waals surface area contributed by atoms with Gasteiger partial charge >= 0.3 is 5.97 Å². The molecule has 0 saturated heterocycles. The molecule has 0 aliphatic carbocycles. The summed E-state index contributed by atoms with van der Waals surface area (Å²) in [5, 5.41) is 11.2. The molecule has 1 N–H and O–H groups in total. The fraction of sp³-hybridized carbons (Fsp3) is 0.200. The van der Waals surface area contributed by atoms with Crippen LogP contribution in [-0.2, 0) is 26.1 Å². The van der Waals surface area contributed by atoms with Crippen LogP contribution in [0, 0.1) is 0 Å². The second kappa shape index (κ2) is 11.0. The van der Waals surface area contributed by atoms with Crippen molar-refractivity contribution in [2.24, 2.45) is 0 Å². The van der Waals surface area contributed by atoms with Crippen molar-refractivity contribution in [3.05, 3.63) is 64.7 Å². The Morgan fingerprint density at radius 2 is 1.91 bits per heavy atom. The number of nitrogens with zero attached hydrogens (tertiary/aromatic N) is 3. The number of carbonyl (C=O) groups excluding carboxylic acids is 2. The summed E-state index contributed by atoms with van der Waals surface area (Å²) >= 11 is 8.31. The summed E-state index contributed by atoms with van der Waals surface area (Å²) in [5.41, 5.74) is 1.50. The normalized spacial score (nSPS) is 11.1. The molecule has 0 bridgehead atoms. The van der Waals surface area contributed by atoms with Gasteiger partial charge < -0.3 is 4.74 Å². The number of anilines is 2. The molecule has 0 spiro atoms. The highest BCUT2D eigenvalue weighted by molar-refractivity contribution is 8.01. The minimum Gasteiger partial charge on any atom is -0.468 e. The maximum Gasteiger partial charge on any atom is 0.316 e. The van der Waals surface area contributed by atoms with E-state index in [0.29, 0.717) is 31.3 Å². The highest BCUT2D eigenvalue weighted by Crippen LogP contribution is 2.26. The Bertz CT molecular complexity index is 1250. The first kappa shape index (κ1) is 25.0. The SMILES string of the molecule is COC(=O)CSc1nnc(NC(=O)c2ccc(CN(c3cccc(Cl)c3)S(C)(=O)=O)cc2)s1. The monoisotopic (exact) mass is 526 g/mol. The summed E-state index contributed by atoms with van der Waals surface area (Å²) in [6.45, 7) is 0.0816.